The second-order valence-electron chi connectivity index (χ2n) is 40.3. The number of pyridine rings is 7. The number of ketones is 4. The van der Waals surface area contributed by atoms with Crippen LogP contribution in [0, 0.1) is 31.5 Å². The Morgan fingerprint density at radius 3 is 1.30 bits per heavy atom. The molecule has 0 saturated carbocycles. The molecule has 2 aliphatic heterocycles. The Bertz CT molecular complexity index is 7700. The Hall–Kier alpha value is -11.9. The molecule has 0 aliphatic carbocycles. The van der Waals surface area contributed by atoms with Gasteiger partial charge in [0.05, 0.1) is 60.2 Å². The fraction of sp³-hybridized carbons (Fsp3) is 0.195. The number of benzene rings is 8. The number of allylic oxidation sites excluding steroid dienone is 8. The first-order valence-electron chi connectivity index (χ1n) is 47.4. The number of aliphatic hydroxyl groups is 4. The van der Waals surface area contributed by atoms with Gasteiger partial charge in [-0.15, -0.1) is 76.0 Å². The van der Waals surface area contributed by atoms with Gasteiger partial charge in [0, 0.05) is 146 Å². The molecule has 11 heterocycles. The summed E-state index contributed by atoms with van der Waals surface area (Å²) in [6.07, 6.45) is 18.6. The van der Waals surface area contributed by atoms with Crippen molar-refractivity contribution in [3.8, 4) is 67.3 Å². The predicted octanol–water partition coefficient (Wildman–Crippen LogP) is 21.8. The summed E-state index contributed by atoms with van der Waals surface area (Å²) < 4.78 is 37.3. The minimum Gasteiger partial charge on any atom is -0.512 e. The summed E-state index contributed by atoms with van der Waals surface area (Å²) in [4.78, 5) is 73.0. The maximum Gasteiger partial charge on any atom is 0.217 e. The number of nitrogens with zero attached hydrogens (tertiary/aromatic N) is 7. The van der Waals surface area contributed by atoms with Crippen molar-refractivity contribution in [1.82, 2.24) is 34.9 Å². The number of sulfone groups is 1. The SMILES string of the molecule is CC(=O)C=C(C)O.CC(=O)C=C(C)O.CC(=O)C=C(C)O.CC(=O)C=C(C)O.C[Si](C)(C)c1ccc(-c2[c-]nc3oc4ccccc4c3c2)nc1.C[Si](C)(C)c1cccnc1-c1[c-]cc2c(c1)-c1ccccc1[Si]2(c1ccccc1)c1ccccc1.C[Si](C)(C)c1ccnc(-c2[c-]cc3c(c2)-c2ccccc2S3(=O)=O)c1[Si](C)(C)C.Cc1ccc2c(n1)oc1n[c-]c(-c3ccc([Si](C)(C)c4ccccc4)cn3)cc12.[Ir].[Ir].[Ir].[Ir]. The van der Waals surface area contributed by atoms with Gasteiger partial charge in [-0.05, 0) is 176 Å². The molecule has 19 rings (SSSR count). The van der Waals surface area contributed by atoms with Crippen LogP contribution in [0.4, 0.5) is 0 Å². The molecule has 0 saturated heterocycles. The molecular weight excluding hydrogens is 2680 g/mol. The van der Waals surface area contributed by atoms with Crippen LogP contribution in [0.15, 0.2) is 346 Å². The van der Waals surface area contributed by atoms with E-state index in [0.717, 1.165) is 89.0 Å². The first-order valence-corrected chi connectivity index (χ1v) is 67.9. The number of hydrogen-bond acceptors (Lipinski definition) is 19. The summed E-state index contributed by atoms with van der Waals surface area (Å²) >= 11 is 0. The second kappa shape index (κ2) is 52.0. The summed E-state index contributed by atoms with van der Waals surface area (Å²) in [5.41, 5.74) is 15.3. The third kappa shape index (κ3) is 29.6. The minimum absolute atomic E-state index is 0. The molecule has 772 valence electrons. The number of hydrogen-bond donors (Lipinski definition) is 4. The number of para-hydroxylation sites is 1. The van der Waals surface area contributed by atoms with Crippen molar-refractivity contribution in [2.45, 2.75) is 164 Å². The molecule has 4 radical (unpaired) electrons. The van der Waals surface area contributed by atoms with E-state index in [1.165, 1.54) is 143 Å². The Morgan fingerprint density at radius 1 is 0.358 bits per heavy atom. The molecule has 0 spiro atoms. The Balaban J connectivity index is 0.000000220. The average molecular weight is 2800 g/mol. The van der Waals surface area contributed by atoms with Gasteiger partial charge in [0.2, 0.25) is 5.71 Å². The van der Waals surface area contributed by atoms with Crippen molar-refractivity contribution in [2.75, 3.05) is 0 Å². The molecule has 148 heavy (non-hydrogen) atoms. The number of furan rings is 2. The van der Waals surface area contributed by atoms with Gasteiger partial charge in [-0.3, -0.25) is 19.2 Å². The molecule has 4 N–H and O–H groups in total. The summed E-state index contributed by atoms with van der Waals surface area (Å²) in [7, 11) is -13.8. The maximum absolute atomic E-state index is 12.9. The molecule has 0 amide bonds. The van der Waals surface area contributed by atoms with E-state index in [4.69, 9.17) is 44.2 Å². The van der Waals surface area contributed by atoms with Crippen molar-refractivity contribution < 1.29 is 137 Å². The number of fused-ring (bicyclic) bond motifs is 12. The molecule has 8 aromatic carbocycles. The summed E-state index contributed by atoms with van der Waals surface area (Å²) in [6.45, 7) is 46.3. The summed E-state index contributed by atoms with van der Waals surface area (Å²) in [5, 5.41) is 51.4. The molecule has 2 aliphatic rings. The zero-order valence-corrected chi connectivity index (χ0v) is 104. The third-order valence-corrected chi connectivity index (χ3v) is 42.5. The topological polar surface area (TPSA) is 300 Å². The van der Waals surface area contributed by atoms with Gasteiger partial charge in [-0.25, -0.2) is 13.4 Å². The van der Waals surface area contributed by atoms with Gasteiger partial charge in [-0.1, -0.05) is 316 Å². The first kappa shape index (κ1) is 121. The van der Waals surface area contributed by atoms with E-state index in [-0.39, 0.29) is 127 Å². The van der Waals surface area contributed by atoms with Gasteiger partial charge in [0.1, 0.15) is 33.2 Å². The third-order valence-electron chi connectivity index (χ3n) is 24.0. The molecule has 0 fully saturated rings. The number of carbonyl (C=O) groups is 4. The predicted molar refractivity (Wildman–Crippen MR) is 604 cm³/mol. The van der Waals surface area contributed by atoms with E-state index < -0.39 is 58.3 Å². The van der Waals surface area contributed by atoms with Crippen molar-refractivity contribution in [2.24, 2.45) is 0 Å². The zero-order valence-electron chi connectivity index (χ0n) is 87.3. The Labute approximate surface area is 929 Å². The summed E-state index contributed by atoms with van der Waals surface area (Å²) in [6, 6.07) is 95.5. The first-order chi connectivity index (χ1) is 68.0. The van der Waals surface area contributed by atoms with Crippen molar-refractivity contribution in [3.05, 3.63) is 357 Å². The van der Waals surface area contributed by atoms with Crippen molar-refractivity contribution >= 4 is 178 Å². The number of aliphatic hydroxyl groups excluding tert-OH is 4. The van der Waals surface area contributed by atoms with E-state index in [1.54, 1.807) is 18.2 Å². The van der Waals surface area contributed by atoms with E-state index in [2.05, 4.69) is 312 Å². The van der Waals surface area contributed by atoms with Crippen LogP contribution in [0.2, 0.25) is 91.7 Å². The fourth-order valence-corrected chi connectivity index (χ4v) is 34.4. The van der Waals surface area contributed by atoms with Crippen LogP contribution in [0.1, 0.15) is 61.1 Å². The summed E-state index contributed by atoms with van der Waals surface area (Å²) in [5.74, 6) is -0.250. The van der Waals surface area contributed by atoms with E-state index in [9.17, 15) is 27.6 Å². The van der Waals surface area contributed by atoms with Crippen molar-refractivity contribution in [3.63, 3.8) is 0 Å². The molecule has 0 atom stereocenters. The molecule has 17 aromatic rings. The monoisotopic (exact) mass is 2800 g/mol. The Morgan fingerprint density at radius 2 is 0.811 bits per heavy atom. The van der Waals surface area contributed by atoms with E-state index in [1.807, 2.05) is 92.4 Å². The van der Waals surface area contributed by atoms with E-state index >= 15 is 0 Å². The van der Waals surface area contributed by atoms with Crippen LogP contribution >= 0.6 is 0 Å². The van der Waals surface area contributed by atoms with Crippen LogP contribution in [0.5, 0.6) is 0 Å². The van der Waals surface area contributed by atoms with Gasteiger partial charge < -0.3 is 59.2 Å². The second-order valence-corrected chi connectivity index (χ2v) is 70.4. The Kier molecular flexibility index (Phi) is 42.6. The van der Waals surface area contributed by atoms with Crippen LogP contribution in [-0.2, 0) is 109 Å². The molecule has 30 heteroatoms. The van der Waals surface area contributed by atoms with Crippen LogP contribution in [-0.4, -0.2) is 135 Å². The van der Waals surface area contributed by atoms with Gasteiger partial charge in [-0.2, -0.15) is 0 Å². The molecule has 9 aromatic heterocycles. The number of aromatic nitrogens is 7. The quantitative estimate of drug-likeness (QED) is 0.0302. The zero-order chi connectivity index (χ0) is 105. The van der Waals surface area contributed by atoms with Crippen LogP contribution < -0.4 is 51.9 Å². The van der Waals surface area contributed by atoms with Gasteiger partial charge in [0.15, 0.2) is 33.0 Å². The standard InChI is InChI=1S/C32H28NSi2.C24H20N3OSi.C23H26NO2SSi2.C19H17N2OSi.4C5H8O2.4Ir/c1-34(2,3)31-19-12-22-33-32(31)24-20-21-30-28(23-24)27-17-10-11-18-29(27)35(30,25-13-6-4-7-14-25)26-15-8-5-9-16-26;1-16-9-11-20-21-13-17(14-26-23(21)28-24(20)27-16)22-12-10-19(15-25-22)29(2,3)18-7-5-4-6-8-18;1-28(2,3)21-13-14-24-22(23(21)29(4,5)6)16-11-12-20-18(15-16)17-9-7-8-10-19(17)27(20,25)26;1-23(2,3)14-8-9-17(20-12-14)13-10-16-15-6-4-5-7-18(15)22-19(16)21-11-13;4*1-4(6)3-5(2)7;;;;/h4-19,21-23H,1-3H3;4-13,15H,1-3H3;7-10,12-15H,1-6H3;4-10,12H,1-3H3;4*3,6H,1-2H3;;;;/q4*-1;;;;;;;;. The number of aryl methyl sites for hydroxylation is 1. The van der Waals surface area contributed by atoms with Crippen LogP contribution in [0.3, 0.4) is 0 Å². The molecule has 0 bridgehead atoms. The van der Waals surface area contributed by atoms with Crippen molar-refractivity contribution in [1.29, 1.82) is 0 Å². The van der Waals surface area contributed by atoms with Gasteiger partial charge >= 0.3 is 0 Å². The van der Waals surface area contributed by atoms with Gasteiger partial charge in [0.25, 0.3) is 0 Å². The van der Waals surface area contributed by atoms with E-state index in [0.29, 0.717) is 26.9 Å². The number of carbonyl (C=O) groups excluding carboxylic acids is 4. The molecule has 19 nitrogen and oxygen atoms in total. The van der Waals surface area contributed by atoms with Crippen LogP contribution in [0.25, 0.3) is 112 Å². The number of rotatable bonds is 16. The fourth-order valence-electron chi connectivity index (χ4n) is 17.4. The molecule has 0 unspecified atom stereocenters. The molecular formula is C118H123Ir4N7O12SSi6-4. The largest absolute Gasteiger partial charge is 0.512 e. The smallest absolute Gasteiger partial charge is 0.217 e. The average Bonchev–Trinajstić information content (AvgIpc) is 1.52. The minimum atomic E-state index is -3.47. The normalized spacial score (nSPS) is 12.6. The maximum atomic E-state index is 12.9.